The predicted molar refractivity (Wildman–Crippen MR) is 109 cm³/mol. The summed E-state index contributed by atoms with van der Waals surface area (Å²) >= 11 is 0. The smallest absolute Gasteiger partial charge is 0.262 e. The molecule has 0 radical (unpaired) electrons. The molecule has 0 aliphatic carbocycles. The van der Waals surface area contributed by atoms with Crippen LogP contribution in [0.4, 0.5) is 0 Å². The maximum Gasteiger partial charge on any atom is 0.262 e. The third-order valence-corrected chi connectivity index (χ3v) is 4.61. The number of nitrogens with one attached hydrogen (secondary N) is 2. The molecule has 0 bridgehead atoms. The van der Waals surface area contributed by atoms with Gasteiger partial charge in [0.1, 0.15) is 11.8 Å². The van der Waals surface area contributed by atoms with Crippen molar-refractivity contribution in [1.82, 2.24) is 15.5 Å². The Bertz CT molecular complexity index is 892. The van der Waals surface area contributed by atoms with E-state index in [9.17, 15) is 24.0 Å². The Labute approximate surface area is 184 Å². The van der Waals surface area contributed by atoms with Crippen molar-refractivity contribution in [2.75, 3.05) is 32.9 Å². The van der Waals surface area contributed by atoms with Crippen LogP contribution in [0.25, 0.3) is 0 Å². The normalized spacial score (nSPS) is 17.7. The Morgan fingerprint density at radius 3 is 2.61 bits per heavy atom. The fraction of sp³-hybridized carbons (Fsp3) is 0.421. The van der Waals surface area contributed by atoms with Crippen LogP contribution in [0.1, 0.15) is 33.6 Å². The van der Waals surface area contributed by atoms with Crippen molar-refractivity contribution < 1.29 is 33.4 Å². The molecule has 1 saturated heterocycles. The number of rotatable bonds is 9. The Balaban J connectivity index is 0.00000341. The first kappa shape index (κ1) is 24.3. The molecule has 0 aromatic heterocycles. The molecular formula is C19H23ClN4O7. The van der Waals surface area contributed by atoms with E-state index in [1.54, 1.807) is 0 Å². The average Bonchev–Trinajstić information content (AvgIpc) is 2.96. The summed E-state index contributed by atoms with van der Waals surface area (Å²) in [5.41, 5.74) is 5.51. The Morgan fingerprint density at radius 2 is 1.90 bits per heavy atom. The number of amides is 5. The van der Waals surface area contributed by atoms with Crippen LogP contribution in [-0.2, 0) is 19.1 Å². The molecule has 1 atom stereocenters. The first-order valence-electron chi connectivity index (χ1n) is 9.45. The van der Waals surface area contributed by atoms with E-state index in [2.05, 4.69) is 10.6 Å². The SMILES string of the molecule is Cl.NCCOCCNC(=O)COc1ccc2c(c1)C(=O)N(C1CCC(=O)NC1=O)C2=O. The van der Waals surface area contributed by atoms with Gasteiger partial charge in [-0.3, -0.25) is 34.2 Å². The predicted octanol–water partition coefficient (Wildman–Crippen LogP) is -1.02. The molecule has 31 heavy (non-hydrogen) atoms. The number of halogens is 1. The summed E-state index contributed by atoms with van der Waals surface area (Å²) in [6.07, 6.45) is 0.124. The standard InChI is InChI=1S/C19H22N4O7.ClH/c20-5-7-29-8-6-21-16(25)10-30-11-1-2-12-13(9-11)19(28)23(18(12)27)14-3-4-15(24)22-17(14)26;/h1-2,9,14H,3-8,10,20H2,(H,21,25)(H,22,24,26);1H. The number of hydrogen-bond donors (Lipinski definition) is 3. The summed E-state index contributed by atoms with van der Waals surface area (Å²) < 4.78 is 10.5. The minimum atomic E-state index is -1.04. The highest BCUT2D eigenvalue weighted by atomic mass is 35.5. The van der Waals surface area contributed by atoms with Gasteiger partial charge in [-0.25, -0.2) is 0 Å². The van der Waals surface area contributed by atoms with Gasteiger partial charge in [0.2, 0.25) is 11.8 Å². The molecule has 2 heterocycles. The van der Waals surface area contributed by atoms with Crippen molar-refractivity contribution in [3.05, 3.63) is 29.3 Å². The zero-order valence-electron chi connectivity index (χ0n) is 16.5. The van der Waals surface area contributed by atoms with E-state index in [1.165, 1.54) is 18.2 Å². The van der Waals surface area contributed by atoms with Gasteiger partial charge in [0.15, 0.2) is 6.61 Å². The van der Waals surface area contributed by atoms with Gasteiger partial charge in [0.05, 0.1) is 24.3 Å². The van der Waals surface area contributed by atoms with Gasteiger partial charge in [-0.05, 0) is 24.6 Å². The zero-order valence-corrected chi connectivity index (χ0v) is 17.4. The lowest BCUT2D eigenvalue weighted by molar-refractivity contribution is -0.136. The number of hydrogen-bond acceptors (Lipinski definition) is 8. The number of nitrogens with two attached hydrogens (primary N) is 1. The summed E-state index contributed by atoms with van der Waals surface area (Å²) in [4.78, 5) is 61.4. The molecule has 2 aliphatic heterocycles. The van der Waals surface area contributed by atoms with Crippen molar-refractivity contribution in [1.29, 1.82) is 0 Å². The van der Waals surface area contributed by atoms with Crippen LogP contribution >= 0.6 is 12.4 Å². The Hall–Kier alpha value is -3.02. The van der Waals surface area contributed by atoms with Crippen LogP contribution in [0.15, 0.2) is 18.2 Å². The van der Waals surface area contributed by atoms with E-state index >= 15 is 0 Å². The number of piperidine rings is 1. The molecule has 1 fully saturated rings. The van der Waals surface area contributed by atoms with Gasteiger partial charge in [-0.15, -0.1) is 12.4 Å². The summed E-state index contributed by atoms with van der Waals surface area (Å²) in [7, 11) is 0. The lowest BCUT2D eigenvalue weighted by atomic mass is 10.0. The van der Waals surface area contributed by atoms with Crippen LogP contribution in [0.2, 0.25) is 0 Å². The molecule has 168 valence electrons. The fourth-order valence-corrected chi connectivity index (χ4v) is 3.19. The van der Waals surface area contributed by atoms with Crippen LogP contribution < -0.4 is 21.1 Å². The van der Waals surface area contributed by atoms with Gasteiger partial charge in [0.25, 0.3) is 17.7 Å². The minimum Gasteiger partial charge on any atom is -0.484 e. The Morgan fingerprint density at radius 1 is 1.16 bits per heavy atom. The molecular weight excluding hydrogens is 432 g/mol. The van der Waals surface area contributed by atoms with Gasteiger partial charge in [0, 0.05) is 19.5 Å². The topological polar surface area (TPSA) is 157 Å². The first-order chi connectivity index (χ1) is 14.4. The molecule has 11 nitrogen and oxygen atoms in total. The molecule has 1 unspecified atom stereocenters. The van der Waals surface area contributed by atoms with E-state index in [-0.39, 0.29) is 54.6 Å². The minimum absolute atomic E-state index is 0. The number of nitrogens with zero attached hydrogens (tertiary/aromatic N) is 1. The van der Waals surface area contributed by atoms with Crippen LogP contribution in [0, 0.1) is 0 Å². The van der Waals surface area contributed by atoms with E-state index < -0.39 is 29.7 Å². The molecule has 5 amide bonds. The van der Waals surface area contributed by atoms with Gasteiger partial charge in [-0.1, -0.05) is 0 Å². The molecule has 1 aromatic carbocycles. The van der Waals surface area contributed by atoms with Gasteiger partial charge in [-0.2, -0.15) is 0 Å². The van der Waals surface area contributed by atoms with E-state index in [0.717, 1.165) is 4.90 Å². The summed E-state index contributed by atoms with van der Waals surface area (Å²) in [6.45, 7) is 1.16. The molecule has 12 heteroatoms. The number of ether oxygens (including phenoxy) is 2. The second kappa shape index (κ2) is 10.8. The zero-order chi connectivity index (χ0) is 21.7. The monoisotopic (exact) mass is 454 g/mol. The quantitative estimate of drug-likeness (QED) is 0.316. The second-order valence-electron chi connectivity index (χ2n) is 6.69. The van der Waals surface area contributed by atoms with Crippen molar-refractivity contribution in [3.63, 3.8) is 0 Å². The summed E-state index contributed by atoms with van der Waals surface area (Å²) in [6, 6.07) is 3.20. The average molecular weight is 455 g/mol. The number of imide groups is 2. The highest BCUT2D eigenvalue weighted by Crippen LogP contribution is 2.30. The first-order valence-corrected chi connectivity index (χ1v) is 9.45. The van der Waals surface area contributed by atoms with Crippen LogP contribution in [0.5, 0.6) is 5.75 Å². The molecule has 0 saturated carbocycles. The summed E-state index contributed by atoms with van der Waals surface area (Å²) in [5, 5.41) is 4.75. The third-order valence-electron chi connectivity index (χ3n) is 4.61. The third kappa shape index (κ3) is 5.57. The van der Waals surface area contributed by atoms with Crippen molar-refractivity contribution in [2.24, 2.45) is 5.73 Å². The van der Waals surface area contributed by atoms with Gasteiger partial charge >= 0.3 is 0 Å². The number of fused-ring (bicyclic) bond motifs is 1. The van der Waals surface area contributed by atoms with Crippen molar-refractivity contribution in [3.8, 4) is 5.75 Å². The maximum absolute atomic E-state index is 12.7. The number of benzene rings is 1. The lowest BCUT2D eigenvalue weighted by Gasteiger charge is -2.27. The number of carbonyl (C=O) groups is 5. The van der Waals surface area contributed by atoms with Crippen molar-refractivity contribution in [2.45, 2.75) is 18.9 Å². The van der Waals surface area contributed by atoms with E-state index in [1.807, 2.05) is 0 Å². The molecule has 2 aliphatic rings. The largest absolute Gasteiger partial charge is 0.484 e. The molecule has 1 aromatic rings. The molecule has 4 N–H and O–H groups in total. The maximum atomic E-state index is 12.7. The van der Waals surface area contributed by atoms with E-state index in [4.69, 9.17) is 15.2 Å². The van der Waals surface area contributed by atoms with Crippen LogP contribution in [0.3, 0.4) is 0 Å². The molecule has 3 rings (SSSR count). The van der Waals surface area contributed by atoms with Crippen molar-refractivity contribution >= 4 is 41.9 Å². The lowest BCUT2D eigenvalue weighted by Crippen LogP contribution is -2.54. The highest BCUT2D eigenvalue weighted by Gasteiger charge is 2.44. The van der Waals surface area contributed by atoms with E-state index in [0.29, 0.717) is 26.3 Å². The van der Waals surface area contributed by atoms with Crippen LogP contribution in [-0.4, -0.2) is 73.4 Å². The highest BCUT2D eigenvalue weighted by molar-refractivity contribution is 6.23. The molecule has 0 spiro atoms. The Kier molecular flexibility index (Phi) is 8.48. The number of carbonyl (C=O) groups excluding carboxylic acids is 5. The van der Waals surface area contributed by atoms with Gasteiger partial charge < -0.3 is 20.5 Å². The summed E-state index contributed by atoms with van der Waals surface area (Å²) in [5.74, 6) is -2.51. The second-order valence-corrected chi connectivity index (χ2v) is 6.69. The fourth-order valence-electron chi connectivity index (χ4n) is 3.19.